The van der Waals surface area contributed by atoms with Crippen LogP contribution in [0.25, 0.3) is 28.2 Å². The van der Waals surface area contributed by atoms with Crippen molar-refractivity contribution in [1.82, 2.24) is 15.0 Å². The monoisotopic (exact) mass is 531 g/mol. The second-order valence-corrected chi connectivity index (χ2v) is 8.44. The molecule has 0 aliphatic carbocycles. The summed E-state index contributed by atoms with van der Waals surface area (Å²) in [6, 6.07) is 24.4. The van der Waals surface area contributed by atoms with Crippen molar-refractivity contribution in [1.29, 1.82) is 0 Å². The number of benzene rings is 3. The fraction of sp³-hybridized carbons (Fsp3) is 0. The van der Waals surface area contributed by atoms with Gasteiger partial charge in [-0.05, 0) is 48.5 Å². The number of hydrogen-bond donors (Lipinski definition) is 0. The fourth-order valence-corrected chi connectivity index (χ4v) is 3.51. The average Bonchev–Trinajstić information content (AvgIpc) is 3.08. The third kappa shape index (κ3) is 3.54. The highest BCUT2D eigenvalue weighted by Crippen LogP contribution is 2.33. The van der Waals surface area contributed by atoms with Crippen molar-refractivity contribution in [2.45, 2.75) is 0 Å². The van der Waals surface area contributed by atoms with E-state index in [1.807, 2.05) is 65.3 Å². The number of aromatic nitrogens is 3. The Morgan fingerprint density at radius 2 is 1.04 bits per heavy atom. The summed E-state index contributed by atoms with van der Waals surface area (Å²) in [7, 11) is 0. The van der Waals surface area contributed by atoms with Crippen LogP contribution in [0.3, 0.4) is 0 Å². The highest BCUT2D eigenvalue weighted by atomic mass is 79.9. The topological polar surface area (TPSA) is 30.7 Å². The molecule has 0 saturated carbocycles. The molecule has 128 valence electrons. The van der Waals surface area contributed by atoms with Crippen molar-refractivity contribution >= 4 is 47.8 Å². The van der Waals surface area contributed by atoms with Gasteiger partial charge in [0.25, 0.3) is 0 Å². The van der Waals surface area contributed by atoms with Crippen LogP contribution in [0, 0.1) is 0 Å². The molecule has 1 aromatic heterocycles. The maximum absolute atomic E-state index is 4.49. The van der Waals surface area contributed by atoms with E-state index in [-0.39, 0.29) is 0 Å². The van der Waals surface area contributed by atoms with E-state index in [0.717, 1.165) is 41.6 Å². The van der Waals surface area contributed by atoms with Crippen molar-refractivity contribution in [3.63, 3.8) is 0 Å². The van der Waals surface area contributed by atoms with E-state index >= 15 is 0 Å². The van der Waals surface area contributed by atoms with E-state index in [9.17, 15) is 0 Å². The smallest absolute Gasteiger partial charge is 0.121 e. The van der Waals surface area contributed by atoms with E-state index in [1.165, 1.54) is 0 Å². The molecule has 0 N–H and O–H groups in total. The Hall–Kier alpha value is -1.76. The molecule has 0 fully saturated rings. The molecule has 0 aliphatic rings. The molecule has 3 aromatic carbocycles. The van der Waals surface area contributed by atoms with Gasteiger partial charge in [0, 0.05) is 24.5 Å². The number of nitrogens with zero attached hydrogens (tertiary/aromatic N) is 3. The van der Waals surface area contributed by atoms with Crippen molar-refractivity contribution < 1.29 is 0 Å². The molecule has 0 atom stereocenters. The zero-order valence-electron chi connectivity index (χ0n) is 13.4. The summed E-state index contributed by atoms with van der Waals surface area (Å²) in [4.78, 5) is 0. The second-order valence-electron chi connectivity index (χ2n) is 5.69. The van der Waals surface area contributed by atoms with Crippen molar-refractivity contribution in [2.24, 2.45) is 0 Å². The van der Waals surface area contributed by atoms with E-state index < -0.39 is 0 Å². The van der Waals surface area contributed by atoms with Gasteiger partial charge in [-0.25, -0.2) is 4.68 Å². The van der Waals surface area contributed by atoms with Gasteiger partial charge in [0.2, 0.25) is 0 Å². The van der Waals surface area contributed by atoms with E-state index in [1.54, 1.807) is 0 Å². The molecule has 0 amide bonds. The molecule has 0 saturated heterocycles. The van der Waals surface area contributed by atoms with Gasteiger partial charge in [-0.1, -0.05) is 77.3 Å². The molecule has 3 nitrogen and oxygen atoms in total. The van der Waals surface area contributed by atoms with Gasteiger partial charge >= 0.3 is 0 Å². The highest BCUT2D eigenvalue weighted by Gasteiger charge is 2.18. The molecule has 0 bridgehead atoms. The van der Waals surface area contributed by atoms with Crippen LogP contribution in [-0.4, -0.2) is 15.0 Å². The lowest BCUT2D eigenvalue weighted by molar-refractivity contribution is 0.808. The molecular weight excluding hydrogens is 522 g/mol. The Balaban J connectivity index is 1.93. The number of hydrogen-bond acceptors (Lipinski definition) is 2. The first-order chi connectivity index (χ1) is 12.6. The molecule has 0 unspecified atom stereocenters. The van der Waals surface area contributed by atoms with Crippen LogP contribution in [0.2, 0.25) is 0 Å². The third-order valence-electron chi connectivity index (χ3n) is 3.98. The van der Waals surface area contributed by atoms with Gasteiger partial charge in [0.15, 0.2) is 0 Å². The minimum Gasteiger partial charge on any atom is -0.212 e. The zero-order valence-corrected chi connectivity index (χ0v) is 18.2. The summed E-state index contributed by atoms with van der Waals surface area (Å²) < 4.78 is 4.98. The van der Waals surface area contributed by atoms with E-state index in [4.69, 9.17) is 0 Å². The fourth-order valence-electron chi connectivity index (χ4n) is 2.71. The summed E-state index contributed by atoms with van der Waals surface area (Å²) in [5, 5.41) is 8.93. The minimum atomic E-state index is 0.850. The van der Waals surface area contributed by atoms with E-state index in [2.05, 4.69) is 70.2 Å². The van der Waals surface area contributed by atoms with Crippen molar-refractivity contribution in [2.75, 3.05) is 0 Å². The van der Waals surface area contributed by atoms with Gasteiger partial charge in [-0.2, -0.15) is 0 Å². The largest absolute Gasteiger partial charge is 0.212 e. The van der Waals surface area contributed by atoms with Crippen molar-refractivity contribution in [3.8, 4) is 28.2 Å². The summed E-state index contributed by atoms with van der Waals surface area (Å²) in [5.41, 5.74) is 4.85. The van der Waals surface area contributed by atoms with Crippen LogP contribution < -0.4 is 0 Å². The molecule has 0 spiro atoms. The maximum atomic E-state index is 4.49. The van der Waals surface area contributed by atoms with Crippen LogP contribution in [0.1, 0.15) is 0 Å². The lowest BCUT2D eigenvalue weighted by Crippen LogP contribution is -1.99. The van der Waals surface area contributed by atoms with Gasteiger partial charge in [0.1, 0.15) is 11.4 Å². The van der Waals surface area contributed by atoms with Gasteiger partial charge in [-0.15, -0.1) is 5.10 Å². The van der Waals surface area contributed by atoms with Crippen molar-refractivity contribution in [3.05, 3.63) is 86.2 Å². The molecule has 4 rings (SSSR count). The average molecular weight is 534 g/mol. The lowest BCUT2D eigenvalue weighted by atomic mass is 10.0. The molecule has 1 heterocycles. The summed E-state index contributed by atoms with van der Waals surface area (Å²) in [6.07, 6.45) is 0. The minimum absolute atomic E-state index is 0.850. The standard InChI is InChI=1S/C20H12Br3N3/c21-15-5-1-13(2-6-15)19-20(14-3-7-16(22)8-4-14)26(25-24-19)18-11-9-17(23)10-12-18/h1-12H. The summed E-state index contributed by atoms with van der Waals surface area (Å²) in [6.45, 7) is 0. The van der Waals surface area contributed by atoms with Crippen LogP contribution in [-0.2, 0) is 0 Å². The summed E-state index contributed by atoms with van der Waals surface area (Å²) >= 11 is 10.5. The highest BCUT2D eigenvalue weighted by molar-refractivity contribution is 9.11. The zero-order chi connectivity index (χ0) is 18.1. The van der Waals surface area contributed by atoms with Gasteiger partial charge in [0.05, 0.1) is 5.69 Å². The first kappa shape index (κ1) is 17.6. The summed E-state index contributed by atoms with van der Waals surface area (Å²) in [5.74, 6) is 0. The Morgan fingerprint density at radius 3 is 1.58 bits per heavy atom. The number of halogens is 3. The van der Waals surface area contributed by atoms with Crippen LogP contribution >= 0.6 is 47.8 Å². The Bertz CT molecular complexity index is 974. The first-order valence-electron chi connectivity index (χ1n) is 7.85. The van der Waals surface area contributed by atoms with Crippen LogP contribution in [0.4, 0.5) is 0 Å². The third-order valence-corrected chi connectivity index (χ3v) is 5.56. The predicted molar refractivity (Wildman–Crippen MR) is 115 cm³/mol. The Labute approximate surface area is 176 Å². The first-order valence-corrected chi connectivity index (χ1v) is 10.2. The lowest BCUT2D eigenvalue weighted by Gasteiger charge is -2.09. The predicted octanol–water partition coefficient (Wildman–Crippen LogP) is 6.89. The number of rotatable bonds is 3. The maximum Gasteiger partial charge on any atom is 0.121 e. The van der Waals surface area contributed by atoms with Gasteiger partial charge < -0.3 is 0 Å². The molecule has 6 heteroatoms. The normalized spacial score (nSPS) is 10.9. The Morgan fingerprint density at radius 1 is 0.577 bits per heavy atom. The molecular formula is C20H12Br3N3. The molecule has 0 radical (unpaired) electrons. The second kappa shape index (κ2) is 7.47. The van der Waals surface area contributed by atoms with E-state index in [0.29, 0.717) is 0 Å². The van der Waals surface area contributed by atoms with Crippen LogP contribution in [0.5, 0.6) is 0 Å². The SMILES string of the molecule is Brc1ccc(-c2nnn(-c3ccc(Br)cc3)c2-c2ccc(Br)cc2)cc1. The van der Waals surface area contributed by atoms with Gasteiger partial charge in [-0.3, -0.25) is 0 Å². The van der Waals surface area contributed by atoms with Crippen LogP contribution in [0.15, 0.2) is 86.2 Å². The molecule has 0 aliphatic heterocycles. The Kier molecular flexibility index (Phi) is 5.07. The molecule has 26 heavy (non-hydrogen) atoms. The molecule has 4 aromatic rings. The quantitative estimate of drug-likeness (QED) is 0.287.